The number of nitrogens with one attached hydrogen (secondary N) is 1. The fourth-order valence-corrected chi connectivity index (χ4v) is 6.27. The average Bonchev–Trinajstić information content (AvgIpc) is 3.15. The summed E-state index contributed by atoms with van der Waals surface area (Å²) in [6, 6.07) is 21.2. The van der Waals surface area contributed by atoms with Crippen molar-refractivity contribution in [1.82, 2.24) is 14.6 Å². The summed E-state index contributed by atoms with van der Waals surface area (Å²) in [5.41, 5.74) is 7.53. The molecule has 0 bridgehead atoms. The maximum Gasteiger partial charge on any atom is 0.255 e. The van der Waals surface area contributed by atoms with Gasteiger partial charge in [0.15, 0.2) is 0 Å². The maximum atomic E-state index is 13.4. The number of nitrogen functional groups attached to an aromatic ring is 1. The fourth-order valence-electron chi connectivity index (χ4n) is 4.80. The van der Waals surface area contributed by atoms with E-state index in [1.165, 1.54) is 0 Å². The van der Waals surface area contributed by atoms with Crippen LogP contribution in [-0.2, 0) is 10.0 Å². The molecular formula is C29H30N4O4S. The number of benzene rings is 3. The predicted molar refractivity (Wildman–Crippen MR) is 147 cm³/mol. The van der Waals surface area contributed by atoms with Crippen LogP contribution in [0, 0.1) is 0 Å². The van der Waals surface area contributed by atoms with Gasteiger partial charge in [0.1, 0.15) is 18.2 Å². The lowest BCUT2D eigenvalue weighted by Gasteiger charge is -2.27. The molecule has 2 heterocycles. The van der Waals surface area contributed by atoms with Crippen LogP contribution in [0.4, 0.5) is 5.82 Å². The van der Waals surface area contributed by atoms with Crippen molar-refractivity contribution in [1.29, 1.82) is 0 Å². The molecule has 196 valence electrons. The minimum atomic E-state index is -3.75. The highest BCUT2D eigenvalue weighted by molar-refractivity contribution is 7.89. The van der Waals surface area contributed by atoms with Gasteiger partial charge in [0, 0.05) is 22.7 Å². The second-order valence-corrected chi connectivity index (χ2v) is 12.0. The fraction of sp³-hybridized carbons (Fsp3) is 0.241. The maximum absolute atomic E-state index is 13.4. The molecule has 3 N–H and O–H groups in total. The van der Waals surface area contributed by atoms with E-state index in [1.807, 2.05) is 48.5 Å². The number of hydrogen-bond acceptors (Lipinski definition) is 6. The number of carbonyl (C=O) groups excluding carboxylic acids is 1. The first-order valence-corrected chi connectivity index (χ1v) is 13.8. The van der Waals surface area contributed by atoms with Gasteiger partial charge in [-0.15, -0.1) is 0 Å². The number of nitrogens with zero attached hydrogens (tertiary/aromatic N) is 2. The van der Waals surface area contributed by atoms with E-state index in [0.29, 0.717) is 29.2 Å². The van der Waals surface area contributed by atoms with E-state index in [4.69, 9.17) is 10.5 Å². The molecule has 5 rings (SSSR count). The van der Waals surface area contributed by atoms with E-state index >= 15 is 0 Å². The van der Waals surface area contributed by atoms with Crippen molar-refractivity contribution < 1.29 is 17.9 Å². The van der Waals surface area contributed by atoms with Gasteiger partial charge in [-0.3, -0.25) is 4.79 Å². The monoisotopic (exact) mass is 530 g/mol. The molecule has 1 amide bonds. The number of amides is 1. The van der Waals surface area contributed by atoms with Crippen LogP contribution in [-0.4, -0.2) is 42.9 Å². The molecule has 1 unspecified atom stereocenters. The first-order valence-electron chi connectivity index (χ1n) is 12.3. The number of rotatable bonds is 7. The number of carbonyl (C=O) groups is 1. The van der Waals surface area contributed by atoms with Crippen LogP contribution in [0.15, 0.2) is 83.9 Å². The summed E-state index contributed by atoms with van der Waals surface area (Å²) in [5, 5.41) is 1.76. The molecule has 0 aliphatic carbocycles. The Morgan fingerprint density at radius 1 is 1.03 bits per heavy atom. The van der Waals surface area contributed by atoms with E-state index < -0.39 is 21.6 Å². The zero-order valence-electron chi connectivity index (χ0n) is 21.5. The Balaban J connectivity index is 1.42. The minimum absolute atomic E-state index is 0.123. The molecule has 8 nitrogen and oxygen atoms in total. The van der Waals surface area contributed by atoms with Crippen LogP contribution in [0.1, 0.15) is 48.3 Å². The number of nitrogens with two attached hydrogens (primary N) is 1. The molecule has 4 aromatic rings. The Morgan fingerprint density at radius 2 is 1.82 bits per heavy atom. The van der Waals surface area contributed by atoms with Crippen LogP contribution in [0.3, 0.4) is 0 Å². The smallest absolute Gasteiger partial charge is 0.255 e. The average molecular weight is 531 g/mol. The summed E-state index contributed by atoms with van der Waals surface area (Å²) in [7, 11) is -3.75. The van der Waals surface area contributed by atoms with Gasteiger partial charge in [0.25, 0.3) is 5.91 Å². The molecule has 0 saturated carbocycles. The summed E-state index contributed by atoms with van der Waals surface area (Å²) >= 11 is 0. The molecule has 0 fully saturated rings. The first kappa shape index (κ1) is 25.7. The number of aromatic nitrogens is 1. The van der Waals surface area contributed by atoms with E-state index in [9.17, 15) is 13.2 Å². The first-order chi connectivity index (χ1) is 18.0. The molecule has 1 atom stereocenters. The van der Waals surface area contributed by atoms with Crippen molar-refractivity contribution in [2.24, 2.45) is 0 Å². The Hall–Kier alpha value is -3.95. The Kier molecular flexibility index (Phi) is 6.58. The number of anilines is 1. The number of fused-ring (bicyclic) bond motifs is 2. The van der Waals surface area contributed by atoms with Gasteiger partial charge in [-0.2, -0.15) is 0 Å². The van der Waals surface area contributed by atoms with Crippen LogP contribution >= 0.6 is 0 Å². The van der Waals surface area contributed by atoms with Crippen molar-refractivity contribution in [2.45, 2.75) is 37.2 Å². The van der Waals surface area contributed by atoms with Crippen LogP contribution in [0.25, 0.3) is 10.8 Å². The predicted octanol–water partition coefficient (Wildman–Crippen LogP) is 4.52. The molecule has 1 aromatic heterocycles. The summed E-state index contributed by atoms with van der Waals surface area (Å²) in [4.78, 5) is 19.4. The molecule has 0 spiro atoms. The summed E-state index contributed by atoms with van der Waals surface area (Å²) in [5.74, 6) is 0.926. The van der Waals surface area contributed by atoms with E-state index in [0.717, 1.165) is 16.3 Å². The molecule has 0 saturated heterocycles. The molecule has 1 aliphatic rings. The molecule has 3 aromatic carbocycles. The van der Waals surface area contributed by atoms with Gasteiger partial charge < -0.3 is 15.4 Å². The molecule has 9 heteroatoms. The third-order valence-electron chi connectivity index (χ3n) is 6.35. The van der Waals surface area contributed by atoms with Gasteiger partial charge in [0.05, 0.1) is 17.5 Å². The number of sulfonamides is 1. The molecular weight excluding hydrogens is 500 g/mol. The van der Waals surface area contributed by atoms with Crippen molar-refractivity contribution >= 4 is 32.5 Å². The van der Waals surface area contributed by atoms with Gasteiger partial charge in [-0.25, -0.2) is 18.1 Å². The van der Waals surface area contributed by atoms with Crippen molar-refractivity contribution in [3.63, 3.8) is 0 Å². The van der Waals surface area contributed by atoms with Gasteiger partial charge in [0.2, 0.25) is 10.0 Å². The summed E-state index contributed by atoms with van der Waals surface area (Å²) in [6.07, 6.45) is 1.66. The van der Waals surface area contributed by atoms with E-state index in [1.54, 1.807) is 56.1 Å². The number of ether oxygens (including phenoxy) is 1. The SMILES string of the molecule is CC(C)(C)NS(=O)(=O)c1cccc(C2c3ccccc3C(=O)N2CCOc2ccc3ccnc(N)c3c2)c1. The molecule has 38 heavy (non-hydrogen) atoms. The second-order valence-electron chi connectivity index (χ2n) is 10.3. The quantitative estimate of drug-likeness (QED) is 0.363. The van der Waals surface area contributed by atoms with Crippen LogP contribution in [0.2, 0.25) is 0 Å². The second kappa shape index (κ2) is 9.74. The molecule has 0 radical (unpaired) electrons. The highest BCUT2D eigenvalue weighted by Crippen LogP contribution is 2.39. The van der Waals surface area contributed by atoms with Gasteiger partial charge >= 0.3 is 0 Å². The third-order valence-corrected chi connectivity index (χ3v) is 8.11. The van der Waals surface area contributed by atoms with Gasteiger partial charge in [-0.05, 0) is 73.7 Å². The number of hydrogen-bond donors (Lipinski definition) is 2. The lowest BCUT2D eigenvalue weighted by atomic mass is 9.98. The Morgan fingerprint density at radius 3 is 2.61 bits per heavy atom. The summed E-state index contributed by atoms with van der Waals surface area (Å²) in [6.45, 7) is 5.93. The lowest BCUT2D eigenvalue weighted by molar-refractivity contribution is 0.0721. The molecule has 1 aliphatic heterocycles. The van der Waals surface area contributed by atoms with Gasteiger partial charge in [-0.1, -0.05) is 36.4 Å². The Bertz CT molecular complexity index is 1630. The number of pyridine rings is 1. The highest BCUT2D eigenvalue weighted by atomic mass is 32.2. The van der Waals surface area contributed by atoms with Crippen LogP contribution in [0.5, 0.6) is 5.75 Å². The zero-order valence-corrected chi connectivity index (χ0v) is 22.3. The van der Waals surface area contributed by atoms with Crippen molar-refractivity contribution in [3.05, 3.63) is 95.7 Å². The Labute approximate surface area is 222 Å². The minimum Gasteiger partial charge on any atom is -0.492 e. The lowest BCUT2D eigenvalue weighted by Crippen LogP contribution is -2.40. The standard InChI is InChI=1S/C29H30N4O4S/c1-29(2,3)32-38(35,36)22-8-6-7-20(17-22)26-23-9-4-5-10-24(23)28(34)33(26)15-16-37-21-12-11-19-13-14-31-27(30)25(19)18-21/h4-14,17-18,26,32H,15-16H2,1-3H3,(H2,30,31). The zero-order chi connectivity index (χ0) is 27.1. The largest absolute Gasteiger partial charge is 0.492 e. The van der Waals surface area contributed by atoms with Crippen molar-refractivity contribution in [3.8, 4) is 5.75 Å². The normalized spacial score (nSPS) is 15.6. The third kappa shape index (κ3) is 5.07. The highest BCUT2D eigenvalue weighted by Gasteiger charge is 2.37. The van der Waals surface area contributed by atoms with E-state index in [2.05, 4.69) is 9.71 Å². The topological polar surface area (TPSA) is 115 Å². The van der Waals surface area contributed by atoms with Crippen molar-refractivity contribution in [2.75, 3.05) is 18.9 Å². The van der Waals surface area contributed by atoms with Crippen LogP contribution < -0.4 is 15.2 Å². The van der Waals surface area contributed by atoms with E-state index in [-0.39, 0.29) is 17.4 Å². The summed E-state index contributed by atoms with van der Waals surface area (Å²) < 4.78 is 34.8.